The first-order chi connectivity index (χ1) is 42.8. The van der Waals surface area contributed by atoms with Crippen molar-refractivity contribution < 1.29 is 56.0 Å². The number of non-ortho nitro benzene ring substituents is 1. The van der Waals surface area contributed by atoms with Crippen LogP contribution in [0.4, 0.5) is 11.5 Å². The second-order valence-corrected chi connectivity index (χ2v) is 25.6. The van der Waals surface area contributed by atoms with Crippen LogP contribution in [0.2, 0.25) is 0 Å². The largest absolute Gasteiger partial charge is 0.497 e. The van der Waals surface area contributed by atoms with Gasteiger partial charge in [-0.15, -0.1) is 0 Å². The predicted molar refractivity (Wildman–Crippen MR) is 333 cm³/mol. The minimum Gasteiger partial charge on any atom is -0.497 e. The Balaban J connectivity index is 1.10. The summed E-state index contributed by atoms with van der Waals surface area (Å²) in [7, 11) is 1.22. The van der Waals surface area contributed by atoms with Gasteiger partial charge in [0.25, 0.3) is 25.7 Å². The van der Waals surface area contributed by atoms with Crippen LogP contribution in [0.5, 0.6) is 17.2 Å². The van der Waals surface area contributed by atoms with Crippen molar-refractivity contribution in [3.05, 3.63) is 221 Å². The van der Waals surface area contributed by atoms with Gasteiger partial charge >= 0.3 is 18.1 Å². The second kappa shape index (κ2) is 29.7. The van der Waals surface area contributed by atoms with E-state index in [1.165, 1.54) is 51.9 Å². The Kier molecular flexibility index (Phi) is 21.9. The number of amides is 1. The summed E-state index contributed by atoms with van der Waals surface area (Å²) in [6, 6.07) is 41.3. The topological polar surface area (TPSA) is 281 Å². The number of H-pyrrole nitrogens is 1. The number of nitrogens with one attached hydrogen (secondary N) is 2. The van der Waals surface area contributed by atoms with Crippen LogP contribution in [0.25, 0.3) is 0 Å². The molecule has 0 radical (unpaired) electrons. The molecule has 468 valence electrons. The fourth-order valence-electron chi connectivity index (χ4n) is 10.4. The zero-order valence-corrected chi connectivity index (χ0v) is 52.4. The van der Waals surface area contributed by atoms with E-state index in [-0.39, 0.29) is 67.4 Å². The number of nitrogens with zero attached hydrogens (tertiary/aromatic N) is 6. The highest BCUT2D eigenvalue weighted by Gasteiger charge is 2.48. The lowest BCUT2D eigenvalue weighted by atomic mass is 9.80. The van der Waals surface area contributed by atoms with Gasteiger partial charge in [-0.3, -0.25) is 42.9 Å². The van der Waals surface area contributed by atoms with Gasteiger partial charge in [0.2, 0.25) is 0 Å². The molecule has 1 amide bonds. The molecule has 2 saturated heterocycles. The number of nitro benzene ring substituents is 1. The quantitative estimate of drug-likeness (QED) is 0.0152. The summed E-state index contributed by atoms with van der Waals surface area (Å²) >= 11 is 6.40. The first-order valence-corrected chi connectivity index (χ1v) is 32.2. The molecule has 5 aromatic carbocycles. The number of anilines is 1. The third-order valence-electron chi connectivity index (χ3n) is 14.7. The minimum atomic E-state index is -4.28. The Labute approximate surface area is 519 Å². The van der Waals surface area contributed by atoms with Crippen molar-refractivity contribution in [2.45, 2.75) is 108 Å². The Morgan fingerprint density at radius 3 is 1.96 bits per heavy atom. The van der Waals surface area contributed by atoms with E-state index in [2.05, 4.69) is 21.4 Å². The van der Waals surface area contributed by atoms with Gasteiger partial charge in [0.1, 0.15) is 59.4 Å². The summed E-state index contributed by atoms with van der Waals surface area (Å²) in [4.78, 5) is 71.4. The molecule has 7 aromatic rings. The number of aryl methyl sites for hydroxylation is 1. The molecule has 8 atom stereocenters. The van der Waals surface area contributed by atoms with Crippen molar-refractivity contribution in [3.8, 4) is 23.3 Å². The standard InChI is InChI=1S/C62H68N8O16P2S/c1-40(2)69(41(3)4)87(80-34-14-32-63)84-51-35-56(67-33-31-55(65-60(67)73)64-59(72)43-15-10-8-11-16-43)83-54(51)39-81-88(89,85-50-29-23-47(24-30-50)70(75)76)86-52-36-57(68-37-42(5)58(71)66-61(68)74)82-53(52)38-79-62(44-17-12-9-13-18-44,45-19-25-48(77-6)26-20-45)46-21-27-49(78-7)28-22-46/h8-13,15-31,33,37,40-41,51-54,56-57H,14,34-36,38-39H2,1-7H3,(H,66,71,74)(H,64,65,72,73)/t51-,52-,53+,54+,56+,57+,87?,88-/m0/s1. The van der Waals surface area contributed by atoms with Crippen LogP contribution in [0.1, 0.15) is 92.0 Å². The van der Waals surface area contributed by atoms with Crippen molar-refractivity contribution in [1.82, 2.24) is 23.8 Å². The summed E-state index contributed by atoms with van der Waals surface area (Å²) in [5.41, 5.74) is -1.01. The van der Waals surface area contributed by atoms with Crippen LogP contribution in [0, 0.1) is 28.4 Å². The van der Waals surface area contributed by atoms with Crippen molar-refractivity contribution in [1.29, 1.82) is 5.26 Å². The fourth-order valence-corrected chi connectivity index (χ4v) is 14.4. The van der Waals surface area contributed by atoms with Crippen LogP contribution in [-0.4, -0.2) is 105 Å². The number of hydrogen-bond acceptors (Lipinski definition) is 20. The molecule has 4 heterocycles. The van der Waals surface area contributed by atoms with Gasteiger partial charge in [-0.2, -0.15) is 10.2 Å². The number of aromatic nitrogens is 4. The summed E-state index contributed by atoms with van der Waals surface area (Å²) in [5.74, 6) is 0.757. The lowest BCUT2D eigenvalue weighted by Crippen LogP contribution is -2.39. The molecule has 0 bridgehead atoms. The molecule has 2 aromatic heterocycles. The maximum atomic E-state index is 14.0. The summed E-state index contributed by atoms with van der Waals surface area (Å²) < 4.78 is 70.1. The maximum absolute atomic E-state index is 14.0. The number of hydrogen-bond donors (Lipinski definition) is 2. The number of ether oxygens (including phenoxy) is 5. The molecule has 89 heavy (non-hydrogen) atoms. The van der Waals surface area contributed by atoms with E-state index in [0.717, 1.165) is 5.56 Å². The Morgan fingerprint density at radius 2 is 1.38 bits per heavy atom. The van der Waals surface area contributed by atoms with Gasteiger partial charge in [-0.1, -0.05) is 72.8 Å². The van der Waals surface area contributed by atoms with E-state index in [9.17, 15) is 34.6 Å². The molecule has 2 fully saturated rings. The number of nitro groups is 1. The molecule has 0 spiro atoms. The number of carbonyl (C=O) groups is 1. The van der Waals surface area contributed by atoms with Gasteiger partial charge < -0.3 is 42.6 Å². The predicted octanol–water partition coefficient (Wildman–Crippen LogP) is 10.2. The maximum Gasteiger partial charge on any atom is 0.381 e. The lowest BCUT2D eigenvalue weighted by molar-refractivity contribution is -0.384. The smallest absolute Gasteiger partial charge is 0.381 e. The monoisotopic (exact) mass is 1270 g/mol. The van der Waals surface area contributed by atoms with Crippen molar-refractivity contribution in [2.75, 3.05) is 39.4 Å². The summed E-state index contributed by atoms with van der Waals surface area (Å²) in [6.07, 6.45) is -3.53. The summed E-state index contributed by atoms with van der Waals surface area (Å²) in [6.45, 7) is 4.57. The molecule has 27 heteroatoms. The van der Waals surface area contributed by atoms with Crippen molar-refractivity contribution >= 4 is 44.5 Å². The van der Waals surface area contributed by atoms with E-state index < -0.39 is 92.1 Å². The Morgan fingerprint density at radius 1 is 0.820 bits per heavy atom. The average molecular weight is 1280 g/mol. The summed E-state index contributed by atoms with van der Waals surface area (Å²) in [5, 5.41) is 24.1. The van der Waals surface area contributed by atoms with E-state index in [0.29, 0.717) is 28.2 Å². The van der Waals surface area contributed by atoms with E-state index >= 15 is 0 Å². The van der Waals surface area contributed by atoms with Crippen molar-refractivity contribution in [2.24, 2.45) is 0 Å². The normalized spacial score (nSPS) is 19.4. The van der Waals surface area contributed by atoms with E-state index in [1.807, 2.05) is 111 Å². The fraction of sp³-hybridized carbons (Fsp3) is 0.355. The molecular weight excluding hydrogens is 1210 g/mol. The van der Waals surface area contributed by atoms with E-state index in [1.54, 1.807) is 51.5 Å². The molecule has 2 aliphatic heterocycles. The third-order valence-corrected chi connectivity index (χ3v) is 19.1. The van der Waals surface area contributed by atoms with Gasteiger partial charge in [0.05, 0.1) is 57.6 Å². The van der Waals surface area contributed by atoms with Crippen LogP contribution in [-0.2, 0) is 49.7 Å². The van der Waals surface area contributed by atoms with Crippen LogP contribution in [0.3, 0.4) is 0 Å². The molecule has 24 nitrogen and oxygen atoms in total. The lowest BCUT2D eigenvalue weighted by Gasteiger charge is -2.38. The van der Waals surface area contributed by atoms with Crippen molar-refractivity contribution in [3.63, 3.8) is 0 Å². The van der Waals surface area contributed by atoms with E-state index in [4.69, 9.17) is 58.1 Å². The van der Waals surface area contributed by atoms with Gasteiger partial charge in [0, 0.05) is 72.4 Å². The molecule has 9 rings (SSSR count). The number of benzene rings is 5. The molecule has 1 unspecified atom stereocenters. The zero-order valence-electron chi connectivity index (χ0n) is 49.8. The number of rotatable bonds is 28. The average Bonchev–Trinajstić information content (AvgIpc) is 2.59. The van der Waals surface area contributed by atoms with Gasteiger partial charge in [-0.25, -0.2) is 14.3 Å². The Bertz CT molecular complexity index is 3760. The minimum absolute atomic E-state index is 0.000513. The van der Waals surface area contributed by atoms with Crippen LogP contribution >= 0.6 is 15.2 Å². The third kappa shape index (κ3) is 15.8. The highest BCUT2D eigenvalue weighted by molar-refractivity contribution is 8.07. The Hall–Kier alpha value is -7.82. The molecule has 2 N–H and O–H groups in total. The van der Waals surface area contributed by atoms with Crippen LogP contribution in [0.15, 0.2) is 166 Å². The number of aromatic amines is 1. The van der Waals surface area contributed by atoms with Gasteiger partial charge in [-0.05, 0) is 106 Å². The highest BCUT2D eigenvalue weighted by atomic mass is 32.5. The molecular formula is C62H68N8O16P2S. The zero-order chi connectivity index (χ0) is 63.4. The number of methoxy groups -OCH3 is 2. The second-order valence-electron chi connectivity index (χ2n) is 21.3. The van der Waals surface area contributed by atoms with Crippen LogP contribution < -0.4 is 36.3 Å². The molecule has 0 aliphatic carbocycles. The van der Waals surface area contributed by atoms with Gasteiger partial charge in [0.15, 0.2) is 0 Å². The SMILES string of the molecule is COc1ccc(C(OC[C@H]2O[C@@H](n3cc(C)c(=O)[nH]c3=O)C[C@@H]2O[P@](=S)(OC[C@H]2O[C@@H](n3ccc(NC(=O)c4ccccc4)nc3=O)C[C@@H]2OP(OCCC#N)N(C(C)C)C(C)C)Oc2ccc([N+](=O)[O-])cc2)(c2ccccc2)c2ccc(OC)cc2)cc1. The number of carbonyl (C=O) groups excluding carboxylic acids is 1. The number of nitriles is 1. The molecule has 2 aliphatic rings. The first kappa shape index (κ1) is 65.6. The first-order valence-electron chi connectivity index (χ1n) is 28.5. The molecule has 0 saturated carbocycles. The highest BCUT2D eigenvalue weighted by Crippen LogP contribution is 2.56.